The summed E-state index contributed by atoms with van der Waals surface area (Å²) in [5.74, 6) is -1.20. The number of carboxylic acid groups (broad SMARTS) is 1. The Hall–Kier alpha value is -5.06. The van der Waals surface area contributed by atoms with Gasteiger partial charge in [0.25, 0.3) is 5.91 Å². The van der Waals surface area contributed by atoms with Crippen molar-refractivity contribution in [1.29, 1.82) is 0 Å². The summed E-state index contributed by atoms with van der Waals surface area (Å²) in [6, 6.07) is 8.51. The maximum atomic E-state index is 15.4. The first kappa shape index (κ1) is 27.1. The quantitative estimate of drug-likeness (QED) is 0.296. The average Bonchev–Trinajstić information content (AvgIpc) is 3.53. The first-order valence-electron chi connectivity index (χ1n) is 13.6. The Bertz CT molecular complexity index is 1910. The van der Waals surface area contributed by atoms with Crippen LogP contribution >= 0.6 is 0 Å². The van der Waals surface area contributed by atoms with E-state index < -0.39 is 17.7 Å². The van der Waals surface area contributed by atoms with Crippen molar-refractivity contribution in [2.24, 2.45) is 14.1 Å². The standard InChI is InChI=1S/C31H29FN6O4/c1-16-19-6-5-11-42-29(19)23(32)13-20(16)28-21(15-27(39)40)17(2)34-30-22(28)14-25(38(30)4)18-7-9-33-24(12-18)31(41)35-26-8-10-37(3)36-26/h7-10,12-14H,5-6,11,15H2,1-4H3,(H,39,40)(H,35,36,41). The summed E-state index contributed by atoms with van der Waals surface area (Å²) in [5, 5.41) is 17.4. The molecule has 1 aliphatic rings. The maximum Gasteiger partial charge on any atom is 0.307 e. The van der Waals surface area contributed by atoms with Gasteiger partial charge in [0, 0.05) is 54.8 Å². The number of ether oxygens (including phenoxy) is 1. The largest absolute Gasteiger partial charge is 0.490 e. The molecule has 0 saturated heterocycles. The van der Waals surface area contributed by atoms with Gasteiger partial charge in [-0.2, -0.15) is 5.10 Å². The number of carbonyl (C=O) groups is 2. The van der Waals surface area contributed by atoms with Gasteiger partial charge in [0.1, 0.15) is 11.3 Å². The SMILES string of the molecule is Cc1nc2c(cc(-c3ccnc(C(=O)Nc4ccn(C)n4)c3)n2C)c(-c2cc(F)c3c(c2C)CCCO3)c1CC(=O)O. The predicted octanol–water partition coefficient (Wildman–Crippen LogP) is 5.00. The first-order valence-corrected chi connectivity index (χ1v) is 13.6. The van der Waals surface area contributed by atoms with E-state index in [0.29, 0.717) is 57.8 Å². The molecule has 0 saturated carbocycles. The zero-order chi connectivity index (χ0) is 29.7. The van der Waals surface area contributed by atoms with Crippen LogP contribution in [-0.2, 0) is 31.7 Å². The number of aryl methyl sites for hydroxylation is 3. The van der Waals surface area contributed by atoms with Crippen LogP contribution in [0.5, 0.6) is 5.75 Å². The van der Waals surface area contributed by atoms with Gasteiger partial charge in [0.05, 0.1) is 18.7 Å². The predicted molar refractivity (Wildman–Crippen MR) is 155 cm³/mol. The van der Waals surface area contributed by atoms with Crippen LogP contribution in [0, 0.1) is 19.7 Å². The number of aliphatic carboxylic acids is 1. The molecule has 1 aliphatic heterocycles. The van der Waals surface area contributed by atoms with E-state index in [9.17, 15) is 14.7 Å². The molecule has 0 radical (unpaired) electrons. The van der Waals surface area contributed by atoms with Crippen molar-refractivity contribution >= 4 is 28.7 Å². The molecule has 1 aromatic carbocycles. The van der Waals surface area contributed by atoms with Gasteiger partial charge < -0.3 is 19.7 Å². The molecule has 0 fully saturated rings. The van der Waals surface area contributed by atoms with Crippen LogP contribution in [0.4, 0.5) is 10.2 Å². The van der Waals surface area contributed by atoms with E-state index in [1.165, 1.54) is 6.07 Å². The fourth-order valence-electron chi connectivity index (χ4n) is 5.73. The maximum absolute atomic E-state index is 15.4. The second kappa shape index (κ2) is 10.4. The second-order valence-electron chi connectivity index (χ2n) is 10.5. The third kappa shape index (κ3) is 4.66. The summed E-state index contributed by atoms with van der Waals surface area (Å²) in [6.45, 7) is 4.16. The number of anilines is 1. The molecule has 4 aromatic heterocycles. The minimum absolute atomic E-state index is 0.201. The summed E-state index contributed by atoms with van der Waals surface area (Å²) >= 11 is 0. The van der Waals surface area contributed by atoms with E-state index in [1.54, 1.807) is 49.2 Å². The molecule has 6 rings (SSSR count). The van der Waals surface area contributed by atoms with Crippen molar-refractivity contribution in [3.63, 3.8) is 0 Å². The number of carboxylic acids is 1. The summed E-state index contributed by atoms with van der Waals surface area (Å²) < 4.78 is 24.5. The highest BCUT2D eigenvalue weighted by Crippen LogP contribution is 2.43. The second-order valence-corrected chi connectivity index (χ2v) is 10.5. The van der Waals surface area contributed by atoms with Crippen LogP contribution in [0.15, 0.2) is 42.7 Å². The van der Waals surface area contributed by atoms with Gasteiger partial charge in [-0.05, 0) is 73.2 Å². The molecule has 0 unspecified atom stereocenters. The molecule has 42 heavy (non-hydrogen) atoms. The molecule has 0 bridgehead atoms. The summed E-state index contributed by atoms with van der Waals surface area (Å²) in [6.07, 6.45) is 4.46. The highest BCUT2D eigenvalue weighted by molar-refractivity contribution is 6.04. The smallest absolute Gasteiger partial charge is 0.307 e. The number of nitrogens with one attached hydrogen (secondary N) is 1. The Labute approximate surface area is 240 Å². The van der Waals surface area contributed by atoms with E-state index >= 15 is 4.39 Å². The number of hydrogen-bond donors (Lipinski definition) is 2. The van der Waals surface area contributed by atoms with Crippen LogP contribution < -0.4 is 10.1 Å². The number of fused-ring (bicyclic) bond motifs is 2. The molecule has 0 atom stereocenters. The number of benzene rings is 1. The lowest BCUT2D eigenvalue weighted by Crippen LogP contribution is -2.14. The number of hydrogen-bond acceptors (Lipinski definition) is 6. The van der Waals surface area contributed by atoms with E-state index in [1.807, 2.05) is 24.6 Å². The highest BCUT2D eigenvalue weighted by Gasteiger charge is 2.26. The molecule has 0 aliphatic carbocycles. The number of carbonyl (C=O) groups excluding carboxylic acids is 1. The van der Waals surface area contributed by atoms with E-state index in [0.717, 1.165) is 23.2 Å². The number of rotatable bonds is 6. The lowest BCUT2D eigenvalue weighted by atomic mass is 9.87. The van der Waals surface area contributed by atoms with Crippen molar-refractivity contribution < 1.29 is 23.8 Å². The van der Waals surface area contributed by atoms with Crippen LogP contribution in [0.1, 0.15) is 39.3 Å². The van der Waals surface area contributed by atoms with Gasteiger partial charge in [-0.3, -0.25) is 19.3 Å². The first-order chi connectivity index (χ1) is 20.1. The number of amides is 1. The van der Waals surface area contributed by atoms with E-state index in [4.69, 9.17) is 9.72 Å². The van der Waals surface area contributed by atoms with Crippen molar-refractivity contribution in [2.45, 2.75) is 33.1 Å². The molecule has 214 valence electrons. The number of nitrogens with zero attached hydrogens (tertiary/aromatic N) is 5. The topological polar surface area (TPSA) is 124 Å². The zero-order valence-corrected chi connectivity index (χ0v) is 23.7. The van der Waals surface area contributed by atoms with Crippen LogP contribution in [0.2, 0.25) is 0 Å². The van der Waals surface area contributed by atoms with Gasteiger partial charge in [-0.1, -0.05) is 0 Å². The monoisotopic (exact) mass is 568 g/mol. The Morgan fingerprint density at radius 3 is 2.71 bits per heavy atom. The van der Waals surface area contributed by atoms with E-state index in [2.05, 4.69) is 15.4 Å². The van der Waals surface area contributed by atoms with Gasteiger partial charge >= 0.3 is 5.97 Å². The van der Waals surface area contributed by atoms with Gasteiger partial charge in [-0.25, -0.2) is 9.37 Å². The molecule has 0 spiro atoms. The number of aromatic nitrogens is 5. The van der Waals surface area contributed by atoms with E-state index in [-0.39, 0.29) is 17.9 Å². The zero-order valence-electron chi connectivity index (χ0n) is 23.7. The van der Waals surface area contributed by atoms with Gasteiger partial charge in [0.2, 0.25) is 0 Å². The Morgan fingerprint density at radius 1 is 1.17 bits per heavy atom. The fraction of sp³-hybridized carbons (Fsp3) is 0.258. The Morgan fingerprint density at radius 2 is 1.98 bits per heavy atom. The molecule has 11 heteroatoms. The molecule has 5 heterocycles. The molecule has 10 nitrogen and oxygen atoms in total. The minimum atomic E-state index is -1.01. The van der Waals surface area contributed by atoms with Crippen molar-refractivity contribution in [1.82, 2.24) is 24.3 Å². The average molecular weight is 569 g/mol. The summed E-state index contributed by atoms with van der Waals surface area (Å²) in [7, 11) is 3.61. The molecule has 2 N–H and O–H groups in total. The third-order valence-corrected chi connectivity index (χ3v) is 7.76. The molecular formula is C31H29FN6O4. The van der Waals surface area contributed by atoms with Crippen molar-refractivity contribution in [3.05, 3.63) is 76.6 Å². The molecule has 5 aromatic rings. The van der Waals surface area contributed by atoms with Gasteiger partial charge in [0.15, 0.2) is 17.4 Å². The Balaban J connectivity index is 1.53. The summed E-state index contributed by atoms with van der Waals surface area (Å²) in [5.41, 5.74) is 6.23. The Kier molecular flexibility index (Phi) is 6.72. The summed E-state index contributed by atoms with van der Waals surface area (Å²) in [4.78, 5) is 34.0. The van der Waals surface area contributed by atoms with Crippen molar-refractivity contribution in [2.75, 3.05) is 11.9 Å². The highest BCUT2D eigenvalue weighted by atomic mass is 19.1. The number of pyridine rings is 2. The van der Waals surface area contributed by atoms with Crippen LogP contribution in [-0.4, -0.2) is 47.9 Å². The minimum Gasteiger partial charge on any atom is -0.490 e. The van der Waals surface area contributed by atoms with Crippen LogP contribution in [0.3, 0.4) is 0 Å². The van der Waals surface area contributed by atoms with Crippen LogP contribution in [0.25, 0.3) is 33.4 Å². The lowest BCUT2D eigenvalue weighted by molar-refractivity contribution is -0.136. The van der Waals surface area contributed by atoms with Gasteiger partial charge in [-0.15, -0.1) is 0 Å². The normalized spacial score (nSPS) is 12.7. The lowest BCUT2D eigenvalue weighted by Gasteiger charge is -2.23. The molecule has 1 amide bonds. The third-order valence-electron chi connectivity index (χ3n) is 7.76. The molecular weight excluding hydrogens is 539 g/mol. The fourth-order valence-corrected chi connectivity index (χ4v) is 5.73. The van der Waals surface area contributed by atoms with Crippen molar-refractivity contribution in [3.8, 4) is 28.1 Å². The number of halogens is 1.